The number of nitrogens with zero attached hydrogens (tertiary/aromatic N) is 1. The Morgan fingerprint density at radius 3 is 2.67 bits per heavy atom. The standard InChI is InChI=1S/C11H23NO3/c1-4-5-10(2)8-12(6-7-15-3)9-11(13)14/h10H,4-9H2,1-3H3,(H,13,14). The Hall–Kier alpha value is -0.610. The molecule has 0 aromatic heterocycles. The topological polar surface area (TPSA) is 49.8 Å². The highest BCUT2D eigenvalue weighted by Gasteiger charge is 2.12. The lowest BCUT2D eigenvalue weighted by Gasteiger charge is -2.23. The van der Waals surface area contributed by atoms with Gasteiger partial charge < -0.3 is 9.84 Å². The molecule has 0 aromatic carbocycles. The minimum absolute atomic E-state index is 0.109. The van der Waals surface area contributed by atoms with Gasteiger partial charge in [-0.3, -0.25) is 9.69 Å². The molecule has 0 saturated heterocycles. The summed E-state index contributed by atoms with van der Waals surface area (Å²) in [6, 6.07) is 0. The third-order valence-corrected chi connectivity index (χ3v) is 2.32. The summed E-state index contributed by atoms with van der Waals surface area (Å²) >= 11 is 0. The molecule has 0 amide bonds. The minimum Gasteiger partial charge on any atom is -0.480 e. The minimum atomic E-state index is -0.769. The van der Waals surface area contributed by atoms with Crippen LogP contribution in [0, 0.1) is 5.92 Å². The number of carboxylic acids is 1. The number of carbonyl (C=O) groups is 1. The lowest BCUT2D eigenvalue weighted by molar-refractivity contribution is -0.138. The van der Waals surface area contributed by atoms with Crippen molar-refractivity contribution in [2.45, 2.75) is 26.7 Å². The smallest absolute Gasteiger partial charge is 0.317 e. The maximum atomic E-state index is 10.6. The molecule has 1 N–H and O–H groups in total. The van der Waals surface area contributed by atoms with Crippen molar-refractivity contribution in [1.29, 1.82) is 0 Å². The predicted molar refractivity (Wildman–Crippen MR) is 60.0 cm³/mol. The zero-order valence-corrected chi connectivity index (χ0v) is 10.0. The van der Waals surface area contributed by atoms with Gasteiger partial charge in [-0.15, -0.1) is 0 Å². The summed E-state index contributed by atoms with van der Waals surface area (Å²) in [6.45, 7) is 6.53. The van der Waals surface area contributed by atoms with Gasteiger partial charge in [-0.1, -0.05) is 20.3 Å². The highest BCUT2D eigenvalue weighted by Crippen LogP contribution is 2.07. The van der Waals surface area contributed by atoms with Gasteiger partial charge in [-0.05, 0) is 12.3 Å². The van der Waals surface area contributed by atoms with Crippen LogP contribution in [0.25, 0.3) is 0 Å². The number of methoxy groups -OCH3 is 1. The average molecular weight is 217 g/mol. The molecule has 4 heteroatoms. The molecule has 0 saturated carbocycles. The quantitative estimate of drug-likeness (QED) is 0.635. The Bertz CT molecular complexity index is 173. The molecule has 0 aromatic rings. The maximum Gasteiger partial charge on any atom is 0.317 e. The Labute approximate surface area is 92.2 Å². The molecule has 0 heterocycles. The van der Waals surface area contributed by atoms with Gasteiger partial charge in [0.05, 0.1) is 13.2 Å². The summed E-state index contributed by atoms with van der Waals surface area (Å²) in [5.41, 5.74) is 0. The summed E-state index contributed by atoms with van der Waals surface area (Å²) in [7, 11) is 1.63. The van der Waals surface area contributed by atoms with Crippen LogP contribution in [0.5, 0.6) is 0 Å². The maximum absolute atomic E-state index is 10.6. The lowest BCUT2D eigenvalue weighted by Crippen LogP contribution is -2.36. The van der Waals surface area contributed by atoms with Crippen LogP contribution in [-0.4, -0.2) is 49.3 Å². The Kier molecular flexibility index (Phi) is 8.33. The molecule has 90 valence electrons. The molecule has 0 rings (SSSR count). The van der Waals surface area contributed by atoms with Crippen molar-refractivity contribution in [3.8, 4) is 0 Å². The molecule has 4 nitrogen and oxygen atoms in total. The van der Waals surface area contributed by atoms with Gasteiger partial charge in [0.15, 0.2) is 0 Å². The van der Waals surface area contributed by atoms with Crippen LogP contribution in [0.4, 0.5) is 0 Å². The van der Waals surface area contributed by atoms with E-state index in [0.29, 0.717) is 19.1 Å². The number of carboxylic acid groups (broad SMARTS) is 1. The van der Waals surface area contributed by atoms with Crippen LogP contribution in [0.1, 0.15) is 26.7 Å². The van der Waals surface area contributed by atoms with Crippen molar-refractivity contribution < 1.29 is 14.6 Å². The molecular formula is C11H23NO3. The van der Waals surface area contributed by atoms with Crippen molar-refractivity contribution in [3.63, 3.8) is 0 Å². The van der Waals surface area contributed by atoms with Crippen molar-refractivity contribution in [2.75, 3.05) is 33.4 Å². The molecule has 15 heavy (non-hydrogen) atoms. The van der Waals surface area contributed by atoms with E-state index < -0.39 is 5.97 Å². The summed E-state index contributed by atoms with van der Waals surface area (Å²) in [6.07, 6.45) is 2.29. The summed E-state index contributed by atoms with van der Waals surface area (Å²) in [4.78, 5) is 12.6. The highest BCUT2D eigenvalue weighted by atomic mass is 16.5. The Balaban J connectivity index is 3.92. The van der Waals surface area contributed by atoms with Gasteiger partial charge in [0.1, 0.15) is 0 Å². The Morgan fingerprint density at radius 1 is 1.53 bits per heavy atom. The predicted octanol–water partition coefficient (Wildman–Crippen LogP) is 1.46. The molecule has 1 atom stereocenters. The second kappa shape index (κ2) is 8.68. The fourth-order valence-electron chi connectivity index (χ4n) is 1.67. The van der Waals surface area contributed by atoms with Crippen molar-refractivity contribution in [1.82, 2.24) is 4.90 Å². The van der Waals surface area contributed by atoms with Crippen LogP contribution in [0.15, 0.2) is 0 Å². The largest absolute Gasteiger partial charge is 0.480 e. The third-order valence-electron chi connectivity index (χ3n) is 2.32. The van der Waals surface area contributed by atoms with E-state index in [1.165, 1.54) is 0 Å². The van der Waals surface area contributed by atoms with E-state index in [-0.39, 0.29) is 6.54 Å². The van der Waals surface area contributed by atoms with Crippen LogP contribution in [-0.2, 0) is 9.53 Å². The van der Waals surface area contributed by atoms with E-state index in [4.69, 9.17) is 9.84 Å². The molecular weight excluding hydrogens is 194 g/mol. The number of ether oxygens (including phenoxy) is 1. The molecule has 0 aliphatic heterocycles. The van der Waals surface area contributed by atoms with Crippen molar-refractivity contribution in [3.05, 3.63) is 0 Å². The lowest BCUT2D eigenvalue weighted by atomic mass is 10.1. The number of aliphatic carboxylic acids is 1. The van der Waals surface area contributed by atoms with E-state index >= 15 is 0 Å². The van der Waals surface area contributed by atoms with Crippen molar-refractivity contribution >= 4 is 5.97 Å². The number of hydrogen-bond acceptors (Lipinski definition) is 3. The molecule has 0 bridgehead atoms. The van der Waals surface area contributed by atoms with E-state index in [1.807, 2.05) is 4.90 Å². The van der Waals surface area contributed by atoms with Crippen LogP contribution in [0.2, 0.25) is 0 Å². The highest BCUT2D eigenvalue weighted by molar-refractivity contribution is 5.69. The van der Waals surface area contributed by atoms with Gasteiger partial charge in [0.25, 0.3) is 0 Å². The second-order valence-electron chi connectivity index (χ2n) is 4.02. The Morgan fingerprint density at radius 2 is 2.20 bits per heavy atom. The number of hydrogen-bond donors (Lipinski definition) is 1. The van der Waals surface area contributed by atoms with Gasteiger partial charge in [-0.2, -0.15) is 0 Å². The molecule has 0 aliphatic rings. The van der Waals surface area contributed by atoms with Gasteiger partial charge in [0, 0.05) is 20.2 Å². The van der Waals surface area contributed by atoms with Gasteiger partial charge in [0.2, 0.25) is 0 Å². The SMILES string of the molecule is CCCC(C)CN(CCOC)CC(=O)O. The van der Waals surface area contributed by atoms with E-state index in [1.54, 1.807) is 7.11 Å². The average Bonchev–Trinajstić information content (AvgIpc) is 2.13. The normalized spacial score (nSPS) is 13.1. The first kappa shape index (κ1) is 14.4. The third kappa shape index (κ3) is 8.39. The first-order valence-electron chi connectivity index (χ1n) is 5.53. The van der Waals surface area contributed by atoms with Gasteiger partial charge in [-0.25, -0.2) is 0 Å². The molecule has 0 spiro atoms. The summed E-state index contributed by atoms with van der Waals surface area (Å²) in [5, 5.41) is 8.74. The molecule has 1 unspecified atom stereocenters. The monoisotopic (exact) mass is 217 g/mol. The fraction of sp³-hybridized carbons (Fsp3) is 0.909. The molecule has 0 radical (unpaired) electrons. The van der Waals surface area contributed by atoms with E-state index in [0.717, 1.165) is 19.4 Å². The molecule has 0 aliphatic carbocycles. The first-order chi connectivity index (χ1) is 7.10. The summed E-state index contributed by atoms with van der Waals surface area (Å²) < 4.78 is 4.96. The number of rotatable bonds is 9. The van der Waals surface area contributed by atoms with E-state index in [2.05, 4.69) is 13.8 Å². The molecule has 0 fully saturated rings. The van der Waals surface area contributed by atoms with Crippen LogP contribution < -0.4 is 0 Å². The van der Waals surface area contributed by atoms with Gasteiger partial charge >= 0.3 is 5.97 Å². The summed E-state index contributed by atoms with van der Waals surface area (Å²) in [5.74, 6) is -0.221. The first-order valence-corrected chi connectivity index (χ1v) is 5.53. The van der Waals surface area contributed by atoms with Crippen LogP contribution >= 0.6 is 0 Å². The zero-order chi connectivity index (χ0) is 11.7. The van der Waals surface area contributed by atoms with E-state index in [9.17, 15) is 4.79 Å². The fourth-order valence-corrected chi connectivity index (χ4v) is 1.67. The zero-order valence-electron chi connectivity index (χ0n) is 10.0. The van der Waals surface area contributed by atoms with Crippen LogP contribution in [0.3, 0.4) is 0 Å². The van der Waals surface area contributed by atoms with Crippen molar-refractivity contribution in [2.24, 2.45) is 5.92 Å². The second-order valence-corrected chi connectivity index (χ2v) is 4.02.